The average Bonchev–Trinajstić information content (AvgIpc) is 3.23. The third-order valence-electron chi connectivity index (χ3n) is 5.05. The van der Waals surface area contributed by atoms with Crippen LogP contribution in [0.2, 0.25) is 0 Å². The summed E-state index contributed by atoms with van der Waals surface area (Å²) in [5.41, 5.74) is 2.27. The number of piperazine rings is 1. The lowest BCUT2D eigenvalue weighted by Crippen LogP contribution is -2.47. The van der Waals surface area contributed by atoms with E-state index in [1.165, 1.54) is 0 Å². The van der Waals surface area contributed by atoms with Crippen LogP contribution in [0.15, 0.2) is 36.7 Å². The van der Waals surface area contributed by atoms with Crippen molar-refractivity contribution in [1.29, 1.82) is 0 Å². The van der Waals surface area contributed by atoms with Gasteiger partial charge in [0.05, 0.1) is 25.1 Å². The first kappa shape index (κ1) is 16.1. The van der Waals surface area contributed by atoms with Crippen LogP contribution < -0.4 is 14.5 Å². The van der Waals surface area contributed by atoms with E-state index < -0.39 is 0 Å². The fourth-order valence-electron chi connectivity index (χ4n) is 3.59. The van der Waals surface area contributed by atoms with Crippen molar-refractivity contribution in [2.24, 2.45) is 0 Å². The Balaban J connectivity index is 1.44. The second-order valence-electron chi connectivity index (χ2n) is 6.51. The molecule has 2 aliphatic heterocycles. The highest BCUT2D eigenvalue weighted by Crippen LogP contribution is 2.30. The summed E-state index contributed by atoms with van der Waals surface area (Å²) in [6.07, 6.45) is 2.74. The molecule has 25 heavy (non-hydrogen) atoms. The highest BCUT2D eigenvalue weighted by Gasteiger charge is 2.23. The summed E-state index contributed by atoms with van der Waals surface area (Å²) in [5.74, 6) is 2.37. The van der Waals surface area contributed by atoms with Crippen LogP contribution in [0.1, 0.15) is 18.0 Å². The number of benzene rings is 1. The van der Waals surface area contributed by atoms with E-state index in [0.29, 0.717) is 5.92 Å². The summed E-state index contributed by atoms with van der Waals surface area (Å²) in [4.78, 5) is 13.7. The first-order chi connectivity index (χ1) is 12.3. The first-order valence-corrected chi connectivity index (χ1v) is 8.88. The largest absolute Gasteiger partial charge is 0.495 e. The maximum atomic E-state index is 5.49. The first-order valence-electron chi connectivity index (χ1n) is 8.88. The molecule has 0 spiro atoms. The van der Waals surface area contributed by atoms with Gasteiger partial charge in [-0.05, 0) is 18.6 Å². The number of hydrogen-bond donors (Lipinski definition) is 0. The maximum Gasteiger partial charge on any atom is 0.142 e. The summed E-state index contributed by atoms with van der Waals surface area (Å²) < 4.78 is 11.0. The predicted molar refractivity (Wildman–Crippen MR) is 97.6 cm³/mol. The van der Waals surface area contributed by atoms with Gasteiger partial charge in [0.25, 0.3) is 0 Å². The van der Waals surface area contributed by atoms with E-state index in [-0.39, 0.29) is 0 Å². The van der Waals surface area contributed by atoms with Gasteiger partial charge in [-0.1, -0.05) is 12.1 Å². The lowest BCUT2D eigenvalue weighted by Gasteiger charge is -2.37. The lowest BCUT2D eigenvalue weighted by molar-refractivity contribution is 0.193. The van der Waals surface area contributed by atoms with Crippen LogP contribution in [0.5, 0.6) is 5.75 Å². The van der Waals surface area contributed by atoms with Gasteiger partial charge >= 0.3 is 0 Å². The van der Waals surface area contributed by atoms with Crippen molar-refractivity contribution in [2.75, 3.05) is 56.3 Å². The van der Waals surface area contributed by atoms with Crippen molar-refractivity contribution in [3.8, 4) is 5.75 Å². The Morgan fingerprint density at radius 1 is 1.08 bits per heavy atom. The molecule has 2 fully saturated rings. The van der Waals surface area contributed by atoms with Gasteiger partial charge in [-0.3, -0.25) is 0 Å². The number of rotatable bonds is 4. The standard InChI is InChI=1S/C19H24N4O2/c1-24-18-5-3-2-4-17(18)22-7-9-23(10-8-22)19-12-16(20-14-21-19)15-6-11-25-13-15/h2-5,12,14-15H,6-11,13H2,1H3/t15-/m1/s1. The summed E-state index contributed by atoms with van der Waals surface area (Å²) in [6, 6.07) is 10.3. The molecule has 0 saturated carbocycles. The van der Waals surface area contributed by atoms with E-state index in [2.05, 4.69) is 38.0 Å². The van der Waals surface area contributed by atoms with Gasteiger partial charge in [-0.2, -0.15) is 0 Å². The molecule has 1 aromatic carbocycles. The quantitative estimate of drug-likeness (QED) is 0.851. The normalized spacial score (nSPS) is 20.8. The van der Waals surface area contributed by atoms with Crippen molar-refractivity contribution in [3.05, 3.63) is 42.4 Å². The van der Waals surface area contributed by atoms with Crippen molar-refractivity contribution >= 4 is 11.5 Å². The summed E-state index contributed by atoms with van der Waals surface area (Å²) >= 11 is 0. The van der Waals surface area contributed by atoms with Gasteiger partial charge in [0.15, 0.2) is 0 Å². The molecule has 2 aliphatic rings. The van der Waals surface area contributed by atoms with Crippen molar-refractivity contribution in [1.82, 2.24) is 9.97 Å². The van der Waals surface area contributed by atoms with Crippen LogP contribution in [-0.4, -0.2) is 56.5 Å². The molecule has 3 heterocycles. The highest BCUT2D eigenvalue weighted by atomic mass is 16.5. The minimum absolute atomic E-state index is 0.414. The molecular formula is C19H24N4O2. The zero-order chi connectivity index (χ0) is 17.1. The van der Waals surface area contributed by atoms with Gasteiger partial charge in [0.2, 0.25) is 0 Å². The Bertz CT molecular complexity index is 710. The lowest BCUT2D eigenvalue weighted by atomic mass is 10.0. The zero-order valence-corrected chi connectivity index (χ0v) is 14.6. The third-order valence-corrected chi connectivity index (χ3v) is 5.05. The Labute approximate surface area is 148 Å². The van der Waals surface area contributed by atoms with E-state index in [0.717, 1.165) is 68.8 Å². The van der Waals surface area contributed by atoms with Gasteiger partial charge in [0.1, 0.15) is 17.9 Å². The van der Waals surface area contributed by atoms with Crippen LogP contribution in [0.4, 0.5) is 11.5 Å². The van der Waals surface area contributed by atoms with Crippen LogP contribution >= 0.6 is 0 Å². The number of nitrogens with zero attached hydrogens (tertiary/aromatic N) is 4. The Morgan fingerprint density at radius 2 is 1.88 bits per heavy atom. The van der Waals surface area contributed by atoms with Gasteiger partial charge in [-0.15, -0.1) is 0 Å². The van der Waals surface area contributed by atoms with Crippen molar-refractivity contribution in [2.45, 2.75) is 12.3 Å². The molecule has 6 heteroatoms. The Hall–Kier alpha value is -2.34. The molecule has 1 aromatic heterocycles. The van der Waals surface area contributed by atoms with E-state index >= 15 is 0 Å². The molecule has 6 nitrogen and oxygen atoms in total. The Morgan fingerprint density at radius 3 is 2.64 bits per heavy atom. The molecule has 0 N–H and O–H groups in total. The zero-order valence-electron chi connectivity index (χ0n) is 14.6. The molecule has 0 unspecified atom stereocenters. The summed E-state index contributed by atoms with van der Waals surface area (Å²) in [5, 5.41) is 0. The number of aromatic nitrogens is 2. The fraction of sp³-hybridized carbons (Fsp3) is 0.474. The fourth-order valence-corrected chi connectivity index (χ4v) is 3.59. The van der Waals surface area contributed by atoms with E-state index in [1.807, 2.05) is 12.1 Å². The second kappa shape index (κ2) is 7.27. The van der Waals surface area contributed by atoms with Gasteiger partial charge < -0.3 is 19.3 Å². The molecule has 0 amide bonds. The number of anilines is 2. The van der Waals surface area contributed by atoms with E-state index in [1.54, 1.807) is 13.4 Å². The number of methoxy groups -OCH3 is 1. The molecule has 2 aromatic rings. The van der Waals surface area contributed by atoms with Gasteiger partial charge in [-0.25, -0.2) is 9.97 Å². The average molecular weight is 340 g/mol. The van der Waals surface area contributed by atoms with Crippen LogP contribution in [0.25, 0.3) is 0 Å². The minimum atomic E-state index is 0.414. The van der Waals surface area contributed by atoms with Gasteiger partial charge in [0, 0.05) is 44.8 Å². The molecular weight excluding hydrogens is 316 g/mol. The summed E-state index contributed by atoms with van der Waals surface area (Å²) in [6.45, 7) is 5.39. The van der Waals surface area contributed by atoms with E-state index in [9.17, 15) is 0 Å². The minimum Gasteiger partial charge on any atom is -0.495 e. The van der Waals surface area contributed by atoms with Crippen molar-refractivity contribution in [3.63, 3.8) is 0 Å². The predicted octanol–water partition coefficient (Wildman–Crippen LogP) is 2.32. The monoisotopic (exact) mass is 340 g/mol. The third kappa shape index (κ3) is 3.39. The topological polar surface area (TPSA) is 50.7 Å². The SMILES string of the molecule is COc1ccccc1N1CCN(c2cc([C@@H]3CCOC3)ncn2)CC1. The van der Waals surface area contributed by atoms with E-state index in [4.69, 9.17) is 9.47 Å². The van der Waals surface area contributed by atoms with Crippen LogP contribution in [0.3, 0.4) is 0 Å². The molecule has 1 atom stereocenters. The smallest absolute Gasteiger partial charge is 0.142 e. The molecule has 0 radical (unpaired) electrons. The molecule has 0 bridgehead atoms. The van der Waals surface area contributed by atoms with Crippen LogP contribution in [0, 0.1) is 0 Å². The maximum absolute atomic E-state index is 5.49. The number of para-hydroxylation sites is 2. The second-order valence-corrected chi connectivity index (χ2v) is 6.51. The van der Waals surface area contributed by atoms with Crippen LogP contribution in [-0.2, 0) is 4.74 Å². The highest BCUT2D eigenvalue weighted by molar-refractivity contribution is 5.59. The molecule has 0 aliphatic carbocycles. The number of ether oxygens (including phenoxy) is 2. The molecule has 4 rings (SSSR count). The van der Waals surface area contributed by atoms with Crippen molar-refractivity contribution < 1.29 is 9.47 Å². The molecule has 2 saturated heterocycles. The summed E-state index contributed by atoms with van der Waals surface area (Å²) in [7, 11) is 1.73. The number of hydrogen-bond acceptors (Lipinski definition) is 6. The Kier molecular flexibility index (Phi) is 4.70. The molecule has 132 valence electrons.